The molecule has 1 rings (SSSR count). The standard InChI is InChI=1S/C12H14F3NO2/c1-9(16-17)10-4-2-5-11(8-10)18-7-3-6-12(13,14)15/h2,4-5,8,17H,3,6-7H2,1H3/b16-9-. The van der Waals surface area contributed by atoms with Crippen LogP contribution in [-0.4, -0.2) is 23.7 Å². The lowest BCUT2D eigenvalue weighted by atomic mass is 10.1. The Morgan fingerprint density at radius 1 is 1.39 bits per heavy atom. The molecule has 18 heavy (non-hydrogen) atoms. The van der Waals surface area contributed by atoms with Crippen molar-refractivity contribution >= 4 is 5.71 Å². The van der Waals surface area contributed by atoms with Crippen LogP contribution in [0.4, 0.5) is 13.2 Å². The van der Waals surface area contributed by atoms with Crippen LogP contribution in [0.15, 0.2) is 29.4 Å². The Kier molecular flexibility index (Phi) is 5.00. The van der Waals surface area contributed by atoms with Crippen LogP contribution in [0.2, 0.25) is 0 Å². The van der Waals surface area contributed by atoms with Crippen LogP contribution in [0.5, 0.6) is 5.75 Å². The number of ether oxygens (including phenoxy) is 1. The highest BCUT2D eigenvalue weighted by Crippen LogP contribution is 2.21. The molecule has 0 bridgehead atoms. The van der Waals surface area contributed by atoms with E-state index >= 15 is 0 Å². The lowest BCUT2D eigenvalue weighted by Gasteiger charge is -2.09. The van der Waals surface area contributed by atoms with E-state index in [-0.39, 0.29) is 13.0 Å². The molecule has 0 aliphatic heterocycles. The summed E-state index contributed by atoms with van der Waals surface area (Å²) < 4.78 is 40.9. The summed E-state index contributed by atoms with van der Waals surface area (Å²) in [7, 11) is 0. The van der Waals surface area contributed by atoms with Gasteiger partial charge in [0.1, 0.15) is 5.75 Å². The zero-order valence-corrected chi connectivity index (χ0v) is 9.87. The molecule has 0 saturated heterocycles. The quantitative estimate of drug-likeness (QED) is 0.381. The number of hydrogen-bond acceptors (Lipinski definition) is 3. The smallest absolute Gasteiger partial charge is 0.389 e. The normalized spacial score (nSPS) is 12.6. The van der Waals surface area contributed by atoms with E-state index in [2.05, 4.69) is 5.16 Å². The number of benzene rings is 1. The molecule has 1 N–H and O–H groups in total. The predicted octanol–water partition coefficient (Wildman–Crippen LogP) is 3.61. The molecule has 0 aromatic heterocycles. The van der Waals surface area contributed by atoms with Crippen LogP contribution < -0.4 is 4.74 Å². The van der Waals surface area contributed by atoms with Gasteiger partial charge in [-0.2, -0.15) is 13.2 Å². The Bertz CT molecular complexity index is 416. The average molecular weight is 261 g/mol. The maximum Gasteiger partial charge on any atom is 0.389 e. The fourth-order valence-electron chi connectivity index (χ4n) is 1.33. The molecule has 0 atom stereocenters. The number of nitrogens with zero attached hydrogens (tertiary/aromatic N) is 1. The molecule has 0 unspecified atom stereocenters. The highest BCUT2D eigenvalue weighted by Gasteiger charge is 2.26. The SMILES string of the molecule is C/C(=N/O)c1cccc(OCCCC(F)(F)F)c1. The number of rotatable bonds is 5. The van der Waals surface area contributed by atoms with Crippen molar-refractivity contribution in [3.8, 4) is 5.75 Å². The van der Waals surface area contributed by atoms with Crippen LogP contribution in [0, 0.1) is 0 Å². The molecule has 0 amide bonds. The van der Waals surface area contributed by atoms with Crippen molar-refractivity contribution in [2.75, 3.05) is 6.61 Å². The average Bonchev–Trinajstić information content (AvgIpc) is 2.33. The summed E-state index contributed by atoms with van der Waals surface area (Å²) in [6.07, 6.45) is -5.09. The van der Waals surface area contributed by atoms with Crippen molar-refractivity contribution in [3.63, 3.8) is 0 Å². The molecule has 0 spiro atoms. The molecule has 100 valence electrons. The first-order valence-electron chi connectivity index (χ1n) is 5.41. The monoisotopic (exact) mass is 261 g/mol. The summed E-state index contributed by atoms with van der Waals surface area (Å²) in [4.78, 5) is 0. The third kappa shape index (κ3) is 5.07. The summed E-state index contributed by atoms with van der Waals surface area (Å²) in [6.45, 7) is 1.61. The highest BCUT2D eigenvalue weighted by atomic mass is 19.4. The second-order valence-corrected chi connectivity index (χ2v) is 3.78. The molecular formula is C12H14F3NO2. The first kappa shape index (κ1) is 14.3. The molecule has 1 aromatic carbocycles. The third-order valence-electron chi connectivity index (χ3n) is 2.28. The van der Waals surface area contributed by atoms with Gasteiger partial charge < -0.3 is 9.94 Å². The van der Waals surface area contributed by atoms with E-state index < -0.39 is 12.6 Å². The van der Waals surface area contributed by atoms with Crippen LogP contribution in [0.3, 0.4) is 0 Å². The van der Waals surface area contributed by atoms with E-state index in [4.69, 9.17) is 9.94 Å². The molecule has 6 heteroatoms. The van der Waals surface area contributed by atoms with Crippen LogP contribution in [0.1, 0.15) is 25.3 Å². The number of hydrogen-bond donors (Lipinski definition) is 1. The second-order valence-electron chi connectivity index (χ2n) is 3.78. The lowest BCUT2D eigenvalue weighted by Crippen LogP contribution is -2.09. The largest absolute Gasteiger partial charge is 0.494 e. The van der Waals surface area contributed by atoms with Gasteiger partial charge in [0.2, 0.25) is 0 Å². The fourth-order valence-corrected chi connectivity index (χ4v) is 1.33. The molecule has 0 heterocycles. The Hall–Kier alpha value is -1.72. The molecule has 1 aromatic rings. The summed E-state index contributed by atoms with van der Waals surface area (Å²) in [5.74, 6) is 0.456. The third-order valence-corrected chi connectivity index (χ3v) is 2.28. The molecule has 0 fully saturated rings. The highest BCUT2D eigenvalue weighted by molar-refractivity contribution is 5.98. The van der Waals surface area contributed by atoms with Gasteiger partial charge in [-0.3, -0.25) is 0 Å². The van der Waals surface area contributed by atoms with Gasteiger partial charge in [0, 0.05) is 12.0 Å². The van der Waals surface area contributed by atoms with Gasteiger partial charge in [-0.15, -0.1) is 0 Å². The number of halogens is 3. The second kappa shape index (κ2) is 6.28. The van der Waals surface area contributed by atoms with Crippen LogP contribution in [0.25, 0.3) is 0 Å². The Labute approximate surface area is 103 Å². The van der Waals surface area contributed by atoms with Crippen molar-refractivity contribution in [1.82, 2.24) is 0 Å². The fraction of sp³-hybridized carbons (Fsp3) is 0.417. The summed E-state index contributed by atoms with van der Waals surface area (Å²) in [6, 6.07) is 6.66. The van der Waals surface area contributed by atoms with E-state index in [9.17, 15) is 13.2 Å². The number of oxime groups is 1. The van der Waals surface area contributed by atoms with Crippen molar-refractivity contribution in [1.29, 1.82) is 0 Å². The lowest BCUT2D eigenvalue weighted by molar-refractivity contribution is -0.136. The zero-order valence-electron chi connectivity index (χ0n) is 9.87. The molecule has 0 aliphatic carbocycles. The van der Waals surface area contributed by atoms with Gasteiger partial charge in [0.05, 0.1) is 12.3 Å². The van der Waals surface area contributed by atoms with E-state index in [1.54, 1.807) is 31.2 Å². The Balaban J connectivity index is 2.48. The topological polar surface area (TPSA) is 41.8 Å². The van der Waals surface area contributed by atoms with Gasteiger partial charge in [0.15, 0.2) is 0 Å². The minimum Gasteiger partial charge on any atom is -0.494 e. The zero-order chi connectivity index (χ0) is 13.6. The van der Waals surface area contributed by atoms with E-state index in [1.165, 1.54) is 0 Å². The molecular weight excluding hydrogens is 247 g/mol. The Morgan fingerprint density at radius 2 is 2.11 bits per heavy atom. The summed E-state index contributed by atoms with van der Waals surface area (Å²) >= 11 is 0. The first-order chi connectivity index (χ1) is 8.42. The molecule has 0 aliphatic rings. The van der Waals surface area contributed by atoms with Crippen LogP contribution >= 0.6 is 0 Å². The maximum atomic E-state index is 11.9. The van der Waals surface area contributed by atoms with E-state index in [0.717, 1.165) is 0 Å². The van der Waals surface area contributed by atoms with Crippen molar-refractivity contribution in [2.45, 2.75) is 25.9 Å². The molecule has 0 radical (unpaired) electrons. The number of alkyl halides is 3. The Morgan fingerprint density at radius 3 is 2.72 bits per heavy atom. The summed E-state index contributed by atoms with van der Waals surface area (Å²) in [5, 5.41) is 11.6. The summed E-state index contributed by atoms with van der Waals surface area (Å²) in [5.41, 5.74) is 1.07. The predicted molar refractivity (Wildman–Crippen MR) is 61.2 cm³/mol. The van der Waals surface area contributed by atoms with E-state index in [1.807, 2.05) is 0 Å². The van der Waals surface area contributed by atoms with Gasteiger partial charge in [0.25, 0.3) is 0 Å². The molecule has 0 saturated carbocycles. The first-order valence-corrected chi connectivity index (χ1v) is 5.41. The van der Waals surface area contributed by atoms with E-state index in [0.29, 0.717) is 17.0 Å². The van der Waals surface area contributed by atoms with Crippen LogP contribution in [-0.2, 0) is 0 Å². The van der Waals surface area contributed by atoms with Crippen molar-refractivity contribution in [3.05, 3.63) is 29.8 Å². The minimum atomic E-state index is -4.15. The molecule has 3 nitrogen and oxygen atoms in total. The van der Waals surface area contributed by atoms with Gasteiger partial charge in [-0.1, -0.05) is 17.3 Å². The van der Waals surface area contributed by atoms with Crippen molar-refractivity contribution < 1.29 is 23.1 Å². The maximum absolute atomic E-state index is 11.9. The van der Waals surface area contributed by atoms with Crippen molar-refractivity contribution in [2.24, 2.45) is 5.16 Å². The minimum absolute atomic E-state index is 0.00171. The van der Waals surface area contributed by atoms with Gasteiger partial charge >= 0.3 is 6.18 Å². The van der Waals surface area contributed by atoms with Gasteiger partial charge in [-0.05, 0) is 25.5 Å². The van der Waals surface area contributed by atoms with Gasteiger partial charge in [-0.25, -0.2) is 0 Å².